The van der Waals surface area contributed by atoms with E-state index >= 15 is 0 Å². The molecule has 0 aliphatic heterocycles. The summed E-state index contributed by atoms with van der Waals surface area (Å²) in [6.45, 7) is 1.48. The zero-order chi connectivity index (χ0) is 20.9. The van der Waals surface area contributed by atoms with Crippen LogP contribution in [0.4, 0.5) is 5.69 Å². The molecule has 0 spiro atoms. The van der Waals surface area contributed by atoms with Crippen molar-refractivity contribution in [2.45, 2.75) is 11.8 Å². The normalized spacial score (nSPS) is 11.2. The molecule has 0 aliphatic rings. The van der Waals surface area contributed by atoms with Crippen molar-refractivity contribution < 1.29 is 27.4 Å². The number of hydrogen-bond donors (Lipinski definition) is 1. The van der Waals surface area contributed by atoms with Gasteiger partial charge >= 0.3 is 0 Å². The van der Waals surface area contributed by atoms with Crippen molar-refractivity contribution in [3.63, 3.8) is 0 Å². The third-order valence-corrected chi connectivity index (χ3v) is 5.78. The van der Waals surface area contributed by atoms with Crippen LogP contribution in [0.25, 0.3) is 0 Å². The summed E-state index contributed by atoms with van der Waals surface area (Å²) in [4.78, 5) is 12.4. The van der Waals surface area contributed by atoms with Gasteiger partial charge in [-0.1, -0.05) is 0 Å². The van der Waals surface area contributed by atoms with E-state index in [1.807, 2.05) is 0 Å². The van der Waals surface area contributed by atoms with Crippen LogP contribution >= 0.6 is 0 Å². The Balaban J connectivity index is 2.05. The molecular weight excluding hydrogens is 384 g/mol. The fraction of sp³-hybridized carbons (Fsp3) is 0.316. The average molecular weight is 408 g/mol. The molecule has 2 aromatic rings. The molecule has 0 fully saturated rings. The molecule has 152 valence electrons. The lowest BCUT2D eigenvalue weighted by Crippen LogP contribution is -2.22. The number of hydrogen-bond acceptors (Lipinski definition) is 6. The smallest absolute Gasteiger partial charge is 0.262 e. The van der Waals surface area contributed by atoms with Gasteiger partial charge in [0.1, 0.15) is 17.2 Å². The first-order chi connectivity index (χ1) is 13.2. The lowest BCUT2D eigenvalue weighted by Gasteiger charge is -2.15. The Kier molecular flexibility index (Phi) is 6.87. The topological polar surface area (TPSA) is 94.2 Å². The van der Waals surface area contributed by atoms with Gasteiger partial charge in [-0.3, -0.25) is 4.79 Å². The maximum Gasteiger partial charge on any atom is 0.262 e. The van der Waals surface area contributed by atoms with Crippen molar-refractivity contribution in [1.29, 1.82) is 0 Å². The number of amides is 1. The summed E-state index contributed by atoms with van der Waals surface area (Å²) >= 11 is 0. The molecule has 0 aromatic heterocycles. The van der Waals surface area contributed by atoms with Crippen LogP contribution in [0.5, 0.6) is 17.2 Å². The number of carbonyl (C=O) groups excluding carboxylic acids is 1. The highest BCUT2D eigenvalue weighted by Gasteiger charge is 2.18. The highest BCUT2D eigenvalue weighted by Crippen LogP contribution is 2.29. The molecular formula is C19H24N2O6S. The number of nitrogens with zero attached hydrogens (tertiary/aromatic N) is 1. The van der Waals surface area contributed by atoms with Crippen LogP contribution in [0.3, 0.4) is 0 Å². The van der Waals surface area contributed by atoms with Crippen LogP contribution < -0.4 is 19.5 Å². The molecule has 0 unspecified atom stereocenters. The number of benzene rings is 2. The summed E-state index contributed by atoms with van der Waals surface area (Å²) in [7, 11) is 2.44. The summed E-state index contributed by atoms with van der Waals surface area (Å²) in [5.41, 5.74) is 1.10. The lowest BCUT2D eigenvalue weighted by atomic mass is 10.2. The van der Waals surface area contributed by atoms with Crippen LogP contribution in [-0.2, 0) is 14.8 Å². The summed E-state index contributed by atoms with van der Waals surface area (Å²) < 4.78 is 41.4. The average Bonchev–Trinajstić information content (AvgIpc) is 2.67. The molecule has 0 bridgehead atoms. The maximum absolute atomic E-state index is 12.2. The van der Waals surface area contributed by atoms with E-state index in [1.165, 1.54) is 46.5 Å². The highest BCUT2D eigenvalue weighted by atomic mass is 32.2. The first-order valence-electron chi connectivity index (χ1n) is 8.37. The Morgan fingerprint density at radius 1 is 1.04 bits per heavy atom. The SMILES string of the molecule is COc1ccc(NC(=O)COc2ccc(S(=O)(=O)N(C)C)cc2C)c(OC)c1. The van der Waals surface area contributed by atoms with Gasteiger partial charge in [0.25, 0.3) is 5.91 Å². The van der Waals surface area contributed by atoms with Crippen LogP contribution in [-0.4, -0.2) is 53.6 Å². The van der Waals surface area contributed by atoms with E-state index < -0.39 is 10.0 Å². The quantitative estimate of drug-likeness (QED) is 0.720. The lowest BCUT2D eigenvalue weighted by molar-refractivity contribution is -0.118. The van der Waals surface area contributed by atoms with E-state index in [4.69, 9.17) is 14.2 Å². The summed E-state index contributed by atoms with van der Waals surface area (Å²) in [6.07, 6.45) is 0. The first kappa shape index (κ1) is 21.5. The molecule has 2 rings (SSSR count). The molecule has 2 aromatic carbocycles. The van der Waals surface area contributed by atoms with Gasteiger partial charge in [-0.15, -0.1) is 0 Å². The number of methoxy groups -OCH3 is 2. The number of anilines is 1. The minimum atomic E-state index is -3.53. The second-order valence-electron chi connectivity index (χ2n) is 6.12. The van der Waals surface area contributed by atoms with Crippen molar-refractivity contribution >= 4 is 21.6 Å². The molecule has 0 heterocycles. The summed E-state index contributed by atoms with van der Waals surface area (Å²) in [5.74, 6) is 1.11. The molecule has 28 heavy (non-hydrogen) atoms. The second kappa shape index (κ2) is 8.94. The van der Waals surface area contributed by atoms with Crippen molar-refractivity contribution in [3.05, 3.63) is 42.0 Å². The van der Waals surface area contributed by atoms with E-state index in [2.05, 4.69) is 5.32 Å². The van der Waals surface area contributed by atoms with Gasteiger partial charge in [0, 0.05) is 20.2 Å². The van der Waals surface area contributed by atoms with E-state index in [1.54, 1.807) is 25.1 Å². The van der Waals surface area contributed by atoms with Gasteiger partial charge in [0.15, 0.2) is 6.61 Å². The monoisotopic (exact) mass is 408 g/mol. The summed E-state index contributed by atoms with van der Waals surface area (Å²) in [5, 5.41) is 2.71. The summed E-state index contributed by atoms with van der Waals surface area (Å²) in [6, 6.07) is 9.52. The van der Waals surface area contributed by atoms with E-state index in [9.17, 15) is 13.2 Å². The highest BCUT2D eigenvalue weighted by molar-refractivity contribution is 7.89. The van der Waals surface area contributed by atoms with Gasteiger partial charge in [-0.2, -0.15) is 0 Å². The Bertz CT molecular complexity index is 957. The van der Waals surface area contributed by atoms with E-state index in [-0.39, 0.29) is 17.4 Å². The predicted octanol–water partition coefficient (Wildman–Crippen LogP) is 2.28. The zero-order valence-electron chi connectivity index (χ0n) is 16.5. The van der Waals surface area contributed by atoms with Gasteiger partial charge < -0.3 is 19.5 Å². The van der Waals surface area contributed by atoms with Crippen LogP contribution in [0.2, 0.25) is 0 Å². The fourth-order valence-electron chi connectivity index (χ4n) is 2.39. The zero-order valence-corrected chi connectivity index (χ0v) is 17.3. The number of aryl methyl sites for hydroxylation is 1. The van der Waals surface area contributed by atoms with Gasteiger partial charge in [-0.05, 0) is 42.8 Å². The maximum atomic E-state index is 12.2. The van der Waals surface area contributed by atoms with Crippen molar-refractivity contribution in [2.75, 3.05) is 40.2 Å². The number of sulfonamides is 1. The van der Waals surface area contributed by atoms with Crippen LogP contribution in [0.1, 0.15) is 5.56 Å². The third kappa shape index (κ3) is 4.93. The van der Waals surface area contributed by atoms with Crippen LogP contribution in [0.15, 0.2) is 41.3 Å². The number of ether oxygens (including phenoxy) is 3. The van der Waals surface area contributed by atoms with E-state index in [0.717, 1.165) is 4.31 Å². The standard InChI is InChI=1S/C19H24N2O6S/c1-13-10-15(28(23,24)21(2)3)7-9-17(13)27-12-19(22)20-16-8-6-14(25-4)11-18(16)26-5/h6-11H,12H2,1-5H3,(H,20,22). The molecule has 1 amide bonds. The number of carbonyl (C=O) groups is 1. The number of rotatable bonds is 8. The Hall–Kier alpha value is -2.78. The molecule has 0 radical (unpaired) electrons. The number of nitrogens with one attached hydrogen (secondary N) is 1. The third-order valence-electron chi connectivity index (χ3n) is 3.97. The molecule has 0 saturated heterocycles. The molecule has 9 heteroatoms. The molecule has 0 saturated carbocycles. The Morgan fingerprint density at radius 2 is 1.75 bits per heavy atom. The molecule has 0 aliphatic carbocycles. The second-order valence-corrected chi connectivity index (χ2v) is 8.27. The Morgan fingerprint density at radius 3 is 2.32 bits per heavy atom. The van der Waals surface area contributed by atoms with Crippen molar-refractivity contribution in [1.82, 2.24) is 4.31 Å². The van der Waals surface area contributed by atoms with E-state index in [0.29, 0.717) is 28.5 Å². The van der Waals surface area contributed by atoms with Crippen molar-refractivity contribution in [2.24, 2.45) is 0 Å². The molecule has 8 nitrogen and oxygen atoms in total. The van der Waals surface area contributed by atoms with Crippen molar-refractivity contribution in [3.8, 4) is 17.2 Å². The fourth-order valence-corrected chi connectivity index (χ4v) is 3.37. The predicted molar refractivity (Wildman–Crippen MR) is 106 cm³/mol. The van der Waals surface area contributed by atoms with Gasteiger partial charge in [0.05, 0.1) is 24.8 Å². The Labute approximate surface area is 165 Å². The van der Waals surface area contributed by atoms with Gasteiger partial charge in [0.2, 0.25) is 10.0 Å². The molecule has 0 atom stereocenters. The largest absolute Gasteiger partial charge is 0.497 e. The van der Waals surface area contributed by atoms with Gasteiger partial charge in [-0.25, -0.2) is 12.7 Å². The minimum absolute atomic E-state index is 0.162. The molecule has 1 N–H and O–H groups in total. The van der Waals surface area contributed by atoms with Crippen LogP contribution in [0, 0.1) is 6.92 Å². The minimum Gasteiger partial charge on any atom is -0.497 e. The first-order valence-corrected chi connectivity index (χ1v) is 9.81.